The lowest BCUT2D eigenvalue weighted by atomic mass is 9.87. The van der Waals surface area contributed by atoms with E-state index in [-0.39, 0.29) is 23.7 Å². The first kappa shape index (κ1) is 23.4. The number of likely N-dealkylation sites (tertiary alicyclic amines) is 1. The van der Waals surface area contributed by atoms with Gasteiger partial charge in [-0.1, -0.05) is 41.9 Å². The van der Waals surface area contributed by atoms with Crippen molar-refractivity contribution in [3.05, 3.63) is 70.9 Å². The topological polar surface area (TPSA) is 51.5 Å². The second-order valence-corrected chi connectivity index (χ2v) is 9.07. The number of benzene rings is 2. The van der Waals surface area contributed by atoms with Crippen molar-refractivity contribution >= 4 is 34.4 Å². The Bertz CT molecular complexity index is 1140. The predicted molar refractivity (Wildman–Crippen MR) is 131 cm³/mol. The fraction of sp³-hybridized carbons (Fsp3) is 0.407. The zero-order chi connectivity index (χ0) is 23.4. The van der Waals surface area contributed by atoms with Crippen molar-refractivity contribution < 1.29 is 14.3 Å². The van der Waals surface area contributed by atoms with Crippen LogP contribution in [0.4, 0.5) is 0 Å². The van der Waals surface area contributed by atoms with Gasteiger partial charge >= 0.3 is 5.97 Å². The molecular weight excluding hydrogens is 436 g/mol. The smallest absolute Gasteiger partial charge is 0.310 e. The summed E-state index contributed by atoms with van der Waals surface area (Å²) in [6.45, 7) is 6.25. The molecule has 0 saturated carbocycles. The van der Waals surface area contributed by atoms with Crippen molar-refractivity contribution in [3.8, 4) is 0 Å². The second-order valence-electron chi connectivity index (χ2n) is 8.63. The molecular formula is C27H31ClN2O3. The van der Waals surface area contributed by atoms with Crippen molar-refractivity contribution in [3.63, 3.8) is 0 Å². The third kappa shape index (κ3) is 5.09. The van der Waals surface area contributed by atoms with Gasteiger partial charge in [-0.3, -0.25) is 9.59 Å². The van der Waals surface area contributed by atoms with Crippen molar-refractivity contribution in [1.29, 1.82) is 0 Å². The van der Waals surface area contributed by atoms with E-state index >= 15 is 0 Å². The van der Waals surface area contributed by atoms with Gasteiger partial charge in [-0.05, 0) is 56.0 Å². The number of hydrogen-bond donors (Lipinski definition) is 0. The molecule has 1 aliphatic heterocycles. The molecule has 6 heteroatoms. The van der Waals surface area contributed by atoms with E-state index in [0.29, 0.717) is 31.1 Å². The molecule has 2 aromatic carbocycles. The predicted octanol–water partition coefficient (Wildman–Crippen LogP) is 5.64. The van der Waals surface area contributed by atoms with Gasteiger partial charge in [-0.2, -0.15) is 0 Å². The molecule has 5 nitrogen and oxygen atoms in total. The van der Waals surface area contributed by atoms with Crippen LogP contribution in [-0.4, -0.2) is 41.0 Å². The number of carbonyl (C=O) groups excluding carboxylic acids is 2. The summed E-state index contributed by atoms with van der Waals surface area (Å²) in [5, 5.41) is 1.81. The molecule has 1 aromatic heterocycles. The van der Waals surface area contributed by atoms with Crippen LogP contribution in [0.15, 0.2) is 54.7 Å². The van der Waals surface area contributed by atoms with Gasteiger partial charge in [0.25, 0.3) is 0 Å². The van der Waals surface area contributed by atoms with Gasteiger partial charge in [0.1, 0.15) is 0 Å². The largest absolute Gasteiger partial charge is 0.466 e. The zero-order valence-corrected chi connectivity index (χ0v) is 20.1. The minimum Gasteiger partial charge on any atom is -0.466 e. The molecule has 2 unspecified atom stereocenters. The highest BCUT2D eigenvalue weighted by molar-refractivity contribution is 6.30. The standard InChI is InChI=1S/C27H31ClN2O3/c1-3-29-18-24(22-12-5-6-13-25(22)29)23(19-9-7-11-21(28)15-19)16-26(31)30-14-8-10-20(17-30)27(32)33-4-2/h5-7,9,11-13,15,18,20,23H,3-4,8,10,14,16-17H2,1-2H3. The lowest BCUT2D eigenvalue weighted by molar-refractivity contribution is -0.151. The Morgan fingerprint density at radius 2 is 1.97 bits per heavy atom. The summed E-state index contributed by atoms with van der Waals surface area (Å²) in [6, 6.07) is 16.1. The number of aromatic nitrogens is 1. The number of carbonyl (C=O) groups is 2. The Hall–Kier alpha value is -2.79. The number of hydrogen-bond acceptors (Lipinski definition) is 3. The van der Waals surface area contributed by atoms with Gasteiger partial charge < -0.3 is 14.2 Å². The Morgan fingerprint density at radius 1 is 1.15 bits per heavy atom. The lowest BCUT2D eigenvalue weighted by Crippen LogP contribution is -2.43. The molecule has 0 spiro atoms. The number of halogens is 1. The molecule has 0 radical (unpaired) electrons. The number of piperidine rings is 1. The number of ether oxygens (including phenoxy) is 1. The van der Waals surface area contributed by atoms with Crippen LogP contribution in [0.1, 0.15) is 50.2 Å². The molecule has 174 valence electrons. The second kappa shape index (κ2) is 10.4. The quantitative estimate of drug-likeness (QED) is 0.423. The lowest BCUT2D eigenvalue weighted by Gasteiger charge is -2.32. The first-order valence-electron chi connectivity index (χ1n) is 11.8. The van der Waals surface area contributed by atoms with E-state index in [2.05, 4.69) is 29.8 Å². The van der Waals surface area contributed by atoms with E-state index in [9.17, 15) is 9.59 Å². The van der Waals surface area contributed by atoms with Crippen molar-refractivity contribution in [2.75, 3.05) is 19.7 Å². The molecule has 1 aliphatic rings. The zero-order valence-electron chi connectivity index (χ0n) is 19.3. The van der Waals surface area contributed by atoms with Gasteiger partial charge in [-0.25, -0.2) is 0 Å². The minimum absolute atomic E-state index is 0.0577. The monoisotopic (exact) mass is 466 g/mol. The molecule has 3 aromatic rings. The van der Waals surface area contributed by atoms with E-state index in [1.165, 1.54) is 0 Å². The van der Waals surface area contributed by atoms with Crippen LogP contribution < -0.4 is 0 Å². The Morgan fingerprint density at radius 3 is 2.73 bits per heavy atom. The van der Waals surface area contributed by atoms with Crippen LogP contribution in [-0.2, 0) is 20.9 Å². The molecule has 1 amide bonds. The van der Waals surface area contributed by atoms with E-state index in [1.807, 2.05) is 48.2 Å². The van der Waals surface area contributed by atoms with Crippen LogP contribution in [0.3, 0.4) is 0 Å². The van der Waals surface area contributed by atoms with Crippen LogP contribution in [0.2, 0.25) is 5.02 Å². The van der Waals surface area contributed by atoms with Gasteiger partial charge in [-0.15, -0.1) is 0 Å². The summed E-state index contributed by atoms with van der Waals surface area (Å²) in [4.78, 5) is 27.6. The summed E-state index contributed by atoms with van der Waals surface area (Å²) in [6.07, 6.45) is 4.07. The van der Waals surface area contributed by atoms with Gasteiger partial charge in [0, 0.05) is 54.1 Å². The maximum Gasteiger partial charge on any atom is 0.310 e. The number of amides is 1. The Kier molecular flexibility index (Phi) is 7.39. The molecule has 0 N–H and O–H groups in total. The molecule has 2 heterocycles. The van der Waals surface area contributed by atoms with Gasteiger partial charge in [0.15, 0.2) is 0 Å². The van der Waals surface area contributed by atoms with E-state index in [1.54, 1.807) is 0 Å². The number of para-hydroxylation sites is 1. The van der Waals surface area contributed by atoms with Crippen LogP contribution in [0.5, 0.6) is 0 Å². The SMILES string of the molecule is CCOC(=O)C1CCCN(C(=O)CC(c2cccc(Cl)c2)c2cn(CC)c3ccccc23)C1. The van der Waals surface area contributed by atoms with Gasteiger partial charge in [0.05, 0.1) is 12.5 Å². The molecule has 0 bridgehead atoms. The van der Waals surface area contributed by atoms with E-state index < -0.39 is 0 Å². The first-order valence-corrected chi connectivity index (χ1v) is 12.2. The van der Waals surface area contributed by atoms with E-state index in [0.717, 1.165) is 41.4 Å². The van der Waals surface area contributed by atoms with E-state index in [4.69, 9.17) is 16.3 Å². The number of nitrogens with zero attached hydrogens (tertiary/aromatic N) is 2. The number of rotatable bonds is 7. The first-order chi connectivity index (χ1) is 16.0. The summed E-state index contributed by atoms with van der Waals surface area (Å²) < 4.78 is 7.44. The van der Waals surface area contributed by atoms with Crippen molar-refractivity contribution in [2.24, 2.45) is 5.92 Å². The molecule has 2 atom stereocenters. The number of esters is 1. The molecule has 1 saturated heterocycles. The normalized spacial score (nSPS) is 17.2. The fourth-order valence-electron chi connectivity index (χ4n) is 4.91. The highest BCUT2D eigenvalue weighted by Gasteiger charge is 2.31. The summed E-state index contributed by atoms with van der Waals surface area (Å²) >= 11 is 6.34. The molecule has 33 heavy (non-hydrogen) atoms. The number of fused-ring (bicyclic) bond motifs is 1. The Balaban J connectivity index is 1.66. The maximum atomic E-state index is 13.5. The summed E-state index contributed by atoms with van der Waals surface area (Å²) in [5.74, 6) is -0.513. The number of aryl methyl sites for hydroxylation is 1. The van der Waals surface area contributed by atoms with Crippen LogP contribution in [0, 0.1) is 5.92 Å². The summed E-state index contributed by atoms with van der Waals surface area (Å²) in [7, 11) is 0. The third-order valence-corrected chi connectivity index (χ3v) is 6.79. The minimum atomic E-state index is -0.241. The average molecular weight is 467 g/mol. The van der Waals surface area contributed by atoms with Crippen molar-refractivity contribution in [1.82, 2.24) is 9.47 Å². The molecule has 1 fully saturated rings. The van der Waals surface area contributed by atoms with Crippen LogP contribution >= 0.6 is 11.6 Å². The third-order valence-electron chi connectivity index (χ3n) is 6.56. The Labute approximate surface area is 200 Å². The highest BCUT2D eigenvalue weighted by atomic mass is 35.5. The molecule has 0 aliphatic carbocycles. The maximum absolute atomic E-state index is 13.5. The summed E-state index contributed by atoms with van der Waals surface area (Å²) in [5.41, 5.74) is 3.31. The van der Waals surface area contributed by atoms with Crippen LogP contribution in [0.25, 0.3) is 10.9 Å². The van der Waals surface area contributed by atoms with Crippen molar-refractivity contribution in [2.45, 2.75) is 45.6 Å². The fourth-order valence-corrected chi connectivity index (χ4v) is 5.10. The van der Waals surface area contributed by atoms with Gasteiger partial charge in [0.2, 0.25) is 5.91 Å². The average Bonchev–Trinajstić information content (AvgIpc) is 3.21. The molecule has 4 rings (SSSR count). The highest BCUT2D eigenvalue weighted by Crippen LogP contribution is 2.36.